The van der Waals surface area contributed by atoms with Crippen molar-refractivity contribution in [2.45, 2.75) is 25.8 Å². The summed E-state index contributed by atoms with van der Waals surface area (Å²) < 4.78 is 26.2. The average molecular weight is 224 g/mol. The molecule has 1 atom stereocenters. The van der Waals surface area contributed by atoms with Gasteiger partial charge in [0.2, 0.25) is 10.0 Å². The van der Waals surface area contributed by atoms with Gasteiger partial charge in [-0.25, -0.2) is 13.6 Å². The van der Waals surface area contributed by atoms with Crippen molar-refractivity contribution in [2.75, 3.05) is 26.0 Å². The Morgan fingerprint density at radius 1 is 1.50 bits per heavy atom. The van der Waals surface area contributed by atoms with Gasteiger partial charge in [-0.2, -0.15) is 0 Å². The largest absolute Gasteiger partial charge is 0.383 e. The zero-order chi connectivity index (χ0) is 11.0. The third-order valence-corrected chi connectivity index (χ3v) is 2.76. The Balaban J connectivity index is 3.52. The molecule has 0 aliphatic heterocycles. The molecule has 0 aliphatic carbocycles. The van der Waals surface area contributed by atoms with E-state index in [0.29, 0.717) is 25.6 Å². The molecule has 86 valence electrons. The summed E-state index contributed by atoms with van der Waals surface area (Å²) in [6.45, 7) is 3.35. The van der Waals surface area contributed by atoms with Crippen molar-refractivity contribution in [3.63, 3.8) is 0 Å². The molecule has 1 unspecified atom stereocenters. The van der Waals surface area contributed by atoms with Crippen molar-refractivity contribution in [1.29, 1.82) is 0 Å². The van der Waals surface area contributed by atoms with Crippen LogP contribution in [0.1, 0.15) is 19.8 Å². The number of rotatable bonds is 8. The molecular formula is C8H20N2O3S. The number of nitrogens with one attached hydrogen (secondary N) is 1. The first-order valence-corrected chi connectivity index (χ1v) is 6.44. The molecule has 5 nitrogen and oxygen atoms in total. The van der Waals surface area contributed by atoms with Crippen LogP contribution in [0.15, 0.2) is 0 Å². The van der Waals surface area contributed by atoms with Crippen LogP contribution >= 0.6 is 0 Å². The molecule has 0 amide bonds. The van der Waals surface area contributed by atoms with Crippen molar-refractivity contribution >= 4 is 10.0 Å². The molecule has 0 bridgehead atoms. The summed E-state index contributed by atoms with van der Waals surface area (Å²) >= 11 is 0. The van der Waals surface area contributed by atoms with Gasteiger partial charge in [-0.1, -0.05) is 6.92 Å². The molecule has 0 heterocycles. The Kier molecular flexibility index (Phi) is 7.08. The third-order valence-electron chi connectivity index (χ3n) is 1.90. The minimum Gasteiger partial charge on any atom is -0.383 e. The van der Waals surface area contributed by atoms with Crippen molar-refractivity contribution in [2.24, 2.45) is 5.14 Å². The van der Waals surface area contributed by atoms with Crippen LogP contribution in [0.25, 0.3) is 0 Å². The lowest BCUT2D eigenvalue weighted by Gasteiger charge is -2.15. The molecule has 0 aromatic rings. The summed E-state index contributed by atoms with van der Waals surface area (Å²) in [5.41, 5.74) is 0. The number of primary sulfonamides is 1. The summed E-state index contributed by atoms with van der Waals surface area (Å²) in [5, 5.41) is 8.06. The Bertz CT molecular complexity index is 229. The van der Waals surface area contributed by atoms with Crippen molar-refractivity contribution in [3.05, 3.63) is 0 Å². The number of methoxy groups -OCH3 is 1. The molecule has 0 radical (unpaired) electrons. The van der Waals surface area contributed by atoms with Crippen LogP contribution in [0.4, 0.5) is 0 Å². The molecule has 0 rings (SSSR count). The minimum atomic E-state index is -3.31. The fourth-order valence-electron chi connectivity index (χ4n) is 1.10. The van der Waals surface area contributed by atoms with E-state index in [1.54, 1.807) is 7.11 Å². The average Bonchev–Trinajstić information content (AvgIpc) is 2.08. The number of sulfonamides is 1. The molecule has 0 aromatic heterocycles. The maximum absolute atomic E-state index is 10.6. The molecule has 0 saturated heterocycles. The summed E-state index contributed by atoms with van der Waals surface area (Å²) in [6.07, 6.45) is 1.50. The highest BCUT2D eigenvalue weighted by atomic mass is 32.2. The maximum Gasteiger partial charge on any atom is 0.209 e. The Morgan fingerprint density at radius 2 is 2.14 bits per heavy atom. The number of hydrogen-bond acceptors (Lipinski definition) is 4. The van der Waals surface area contributed by atoms with Gasteiger partial charge in [0.15, 0.2) is 0 Å². The summed E-state index contributed by atoms with van der Waals surface area (Å²) in [5.74, 6) is 0.0312. The van der Waals surface area contributed by atoms with E-state index in [0.717, 1.165) is 6.42 Å². The SMILES string of the molecule is CCC(COC)NCCCS(N)(=O)=O. The first kappa shape index (κ1) is 13.8. The minimum absolute atomic E-state index is 0.0312. The van der Waals surface area contributed by atoms with E-state index in [2.05, 4.69) is 12.2 Å². The number of ether oxygens (including phenoxy) is 1. The summed E-state index contributed by atoms with van der Waals surface area (Å²) in [7, 11) is -1.66. The predicted molar refractivity (Wildman–Crippen MR) is 56.5 cm³/mol. The second kappa shape index (κ2) is 7.17. The topological polar surface area (TPSA) is 81.4 Å². The molecule has 0 fully saturated rings. The molecule has 6 heteroatoms. The van der Waals surface area contributed by atoms with Crippen LogP contribution in [-0.4, -0.2) is 40.5 Å². The fraction of sp³-hybridized carbons (Fsp3) is 1.00. The van der Waals surface area contributed by atoms with E-state index < -0.39 is 10.0 Å². The second-order valence-corrected chi connectivity index (χ2v) is 4.97. The van der Waals surface area contributed by atoms with Gasteiger partial charge < -0.3 is 10.1 Å². The van der Waals surface area contributed by atoms with E-state index in [1.807, 2.05) is 0 Å². The van der Waals surface area contributed by atoms with Crippen molar-refractivity contribution in [3.8, 4) is 0 Å². The van der Waals surface area contributed by atoms with Crippen molar-refractivity contribution in [1.82, 2.24) is 5.32 Å². The Labute approximate surface area is 86.1 Å². The number of nitrogens with two attached hydrogens (primary N) is 1. The van der Waals surface area contributed by atoms with E-state index in [9.17, 15) is 8.42 Å². The first-order chi connectivity index (χ1) is 6.49. The lowest BCUT2D eigenvalue weighted by molar-refractivity contribution is 0.164. The van der Waals surface area contributed by atoms with Crippen LogP contribution in [0.5, 0.6) is 0 Å². The molecule has 0 aromatic carbocycles. The van der Waals surface area contributed by atoms with Gasteiger partial charge in [0.05, 0.1) is 12.4 Å². The summed E-state index contributed by atoms with van der Waals surface area (Å²) in [6, 6.07) is 0.292. The van der Waals surface area contributed by atoms with E-state index in [-0.39, 0.29) is 5.75 Å². The highest BCUT2D eigenvalue weighted by Gasteiger charge is 2.05. The van der Waals surface area contributed by atoms with Crippen LogP contribution in [0.2, 0.25) is 0 Å². The molecule has 0 aliphatic rings. The lowest BCUT2D eigenvalue weighted by Crippen LogP contribution is -2.34. The molecule has 3 N–H and O–H groups in total. The molecule has 14 heavy (non-hydrogen) atoms. The normalized spacial score (nSPS) is 14.2. The van der Waals surface area contributed by atoms with E-state index in [1.165, 1.54) is 0 Å². The van der Waals surface area contributed by atoms with Gasteiger partial charge in [-0.3, -0.25) is 0 Å². The summed E-state index contributed by atoms with van der Waals surface area (Å²) in [4.78, 5) is 0. The molecule has 0 spiro atoms. The zero-order valence-corrected chi connectivity index (χ0v) is 9.64. The Hall–Kier alpha value is -0.170. The maximum atomic E-state index is 10.6. The van der Waals surface area contributed by atoms with E-state index >= 15 is 0 Å². The highest BCUT2D eigenvalue weighted by molar-refractivity contribution is 7.89. The third kappa shape index (κ3) is 8.43. The zero-order valence-electron chi connectivity index (χ0n) is 8.82. The van der Waals surface area contributed by atoms with Gasteiger partial charge >= 0.3 is 0 Å². The standard InChI is InChI=1S/C8H20N2O3S/c1-3-8(7-13-2)10-5-4-6-14(9,11)12/h8,10H,3-7H2,1-2H3,(H2,9,11,12). The van der Waals surface area contributed by atoms with Gasteiger partial charge in [-0.15, -0.1) is 0 Å². The first-order valence-electron chi connectivity index (χ1n) is 4.72. The predicted octanol–water partition coefficient (Wildman–Crippen LogP) is -0.320. The monoisotopic (exact) mass is 224 g/mol. The van der Waals surface area contributed by atoms with Crippen LogP contribution in [0, 0.1) is 0 Å². The van der Waals surface area contributed by atoms with Gasteiger partial charge in [0.1, 0.15) is 0 Å². The smallest absolute Gasteiger partial charge is 0.209 e. The number of hydrogen-bond donors (Lipinski definition) is 2. The lowest BCUT2D eigenvalue weighted by atomic mass is 10.2. The molecular weight excluding hydrogens is 204 g/mol. The van der Waals surface area contributed by atoms with Gasteiger partial charge in [-0.05, 0) is 19.4 Å². The van der Waals surface area contributed by atoms with E-state index in [4.69, 9.17) is 9.88 Å². The van der Waals surface area contributed by atoms with Gasteiger partial charge in [0, 0.05) is 13.2 Å². The highest BCUT2D eigenvalue weighted by Crippen LogP contribution is 1.92. The van der Waals surface area contributed by atoms with Gasteiger partial charge in [0.25, 0.3) is 0 Å². The fourth-order valence-corrected chi connectivity index (χ4v) is 1.65. The van der Waals surface area contributed by atoms with Crippen LogP contribution < -0.4 is 10.5 Å². The van der Waals surface area contributed by atoms with Crippen LogP contribution in [0.3, 0.4) is 0 Å². The quantitative estimate of drug-likeness (QED) is 0.554. The Morgan fingerprint density at radius 3 is 2.57 bits per heavy atom. The van der Waals surface area contributed by atoms with Crippen molar-refractivity contribution < 1.29 is 13.2 Å². The second-order valence-electron chi connectivity index (χ2n) is 3.24. The molecule has 0 saturated carbocycles. The van der Waals surface area contributed by atoms with Crippen LogP contribution in [-0.2, 0) is 14.8 Å².